The van der Waals surface area contributed by atoms with Crippen molar-refractivity contribution in [1.29, 1.82) is 0 Å². The number of methoxy groups -OCH3 is 1. The van der Waals surface area contributed by atoms with Crippen LogP contribution in [0.15, 0.2) is 53.1 Å². The van der Waals surface area contributed by atoms with Crippen LogP contribution in [0.4, 0.5) is 5.69 Å². The highest BCUT2D eigenvalue weighted by atomic mass is 127. The summed E-state index contributed by atoms with van der Waals surface area (Å²) < 4.78 is 12.0. The number of para-hydroxylation sites is 1. The number of benzene rings is 2. The Bertz CT molecular complexity index is 891. The van der Waals surface area contributed by atoms with E-state index in [-0.39, 0.29) is 5.91 Å². The Morgan fingerprint density at radius 1 is 1.23 bits per heavy atom. The Kier molecular flexibility index (Phi) is 5.61. The van der Waals surface area contributed by atoms with Crippen molar-refractivity contribution in [1.82, 2.24) is 0 Å². The van der Waals surface area contributed by atoms with Gasteiger partial charge in [-0.25, -0.2) is 0 Å². The van der Waals surface area contributed by atoms with Crippen LogP contribution in [0, 0.1) is 3.57 Å². The van der Waals surface area contributed by atoms with Gasteiger partial charge in [-0.2, -0.15) is 10.1 Å². The Hall–Kier alpha value is -2.35. The lowest BCUT2D eigenvalue weighted by Crippen LogP contribution is -2.21. The van der Waals surface area contributed by atoms with Crippen molar-refractivity contribution < 1.29 is 14.3 Å². The molecule has 0 radical (unpaired) electrons. The van der Waals surface area contributed by atoms with Gasteiger partial charge in [-0.3, -0.25) is 4.79 Å². The summed E-state index contributed by atoms with van der Waals surface area (Å²) in [5.41, 5.74) is 2.87. The van der Waals surface area contributed by atoms with Gasteiger partial charge in [-0.15, -0.1) is 0 Å². The second-order valence-corrected chi connectivity index (χ2v) is 6.83. The van der Waals surface area contributed by atoms with Gasteiger partial charge >= 0.3 is 0 Å². The number of hydrazone groups is 1. The van der Waals surface area contributed by atoms with E-state index >= 15 is 0 Å². The number of ether oxygens (including phenoxy) is 2. The standard InChI is InChI=1S/C20H19IN2O3/c1-4-26-18-12-14(11-17(21)19(18)25-3)10-16-13(2)22-23(20(16)24)15-8-6-5-7-9-15/h5-12H,4H2,1-3H3/b16-10-. The zero-order valence-electron chi connectivity index (χ0n) is 14.8. The zero-order valence-corrected chi connectivity index (χ0v) is 17.0. The van der Waals surface area contributed by atoms with Gasteiger partial charge in [0.15, 0.2) is 11.5 Å². The molecular formula is C20H19IN2O3. The summed E-state index contributed by atoms with van der Waals surface area (Å²) >= 11 is 2.20. The quantitative estimate of drug-likeness (QED) is 0.486. The Morgan fingerprint density at radius 3 is 2.62 bits per heavy atom. The van der Waals surface area contributed by atoms with Crippen LogP contribution in [0.3, 0.4) is 0 Å². The molecule has 3 rings (SSSR count). The van der Waals surface area contributed by atoms with Crippen molar-refractivity contribution in [3.05, 3.63) is 57.2 Å². The van der Waals surface area contributed by atoms with Gasteiger partial charge < -0.3 is 9.47 Å². The van der Waals surface area contributed by atoms with Crippen LogP contribution in [-0.2, 0) is 4.79 Å². The molecule has 0 atom stereocenters. The number of amides is 1. The topological polar surface area (TPSA) is 51.1 Å². The van der Waals surface area contributed by atoms with E-state index < -0.39 is 0 Å². The number of nitrogens with zero attached hydrogens (tertiary/aromatic N) is 2. The number of rotatable bonds is 5. The van der Waals surface area contributed by atoms with Crippen molar-refractivity contribution in [3.8, 4) is 11.5 Å². The first-order valence-electron chi connectivity index (χ1n) is 8.22. The lowest BCUT2D eigenvalue weighted by Gasteiger charge is -2.13. The van der Waals surface area contributed by atoms with Crippen LogP contribution in [0.5, 0.6) is 11.5 Å². The third-order valence-electron chi connectivity index (χ3n) is 3.91. The molecule has 0 spiro atoms. The summed E-state index contributed by atoms with van der Waals surface area (Å²) in [5.74, 6) is 1.22. The summed E-state index contributed by atoms with van der Waals surface area (Å²) in [6.07, 6.45) is 1.84. The maximum atomic E-state index is 12.8. The molecule has 1 heterocycles. The summed E-state index contributed by atoms with van der Waals surface area (Å²) in [6.45, 7) is 4.30. The van der Waals surface area contributed by atoms with E-state index in [4.69, 9.17) is 9.47 Å². The molecule has 0 N–H and O–H groups in total. The number of carbonyl (C=O) groups excluding carboxylic acids is 1. The van der Waals surface area contributed by atoms with Crippen molar-refractivity contribution in [2.75, 3.05) is 18.7 Å². The average Bonchev–Trinajstić information content (AvgIpc) is 2.91. The van der Waals surface area contributed by atoms with Crippen molar-refractivity contribution in [3.63, 3.8) is 0 Å². The lowest BCUT2D eigenvalue weighted by atomic mass is 10.1. The fraction of sp³-hybridized carbons (Fsp3) is 0.200. The second-order valence-electron chi connectivity index (χ2n) is 5.66. The van der Waals surface area contributed by atoms with Gasteiger partial charge in [0.05, 0.1) is 34.3 Å². The van der Waals surface area contributed by atoms with Crippen LogP contribution in [-0.4, -0.2) is 25.3 Å². The molecule has 1 amide bonds. The molecule has 0 unspecified atom stereocenters. The highest BCUT2D eigenvalue weighted by molar-refractivity contribution is 14.1. The van der Waals surface area contributed by atoms with Gasteiger partial charge in [0.25, 0.3) is 5.91 Å². The predicted octanol–water partition coefficient (Wildman–Crippen LogP) is 4.50. The Balaban J connectivity index is 1.98. The van der Waals surface area contributed by atoms with E-state index in [2.05, 4.69) is 27.7 Å². The third kappa shape index (κ3) is 3.60. The van der Waals surface area contributed by atoms with Crippen molar-refractivity contribution in [2.45, 2.75) is 13.8 Å². The number of hydrogen-bond acceptors (Lipinski definition) is 4. The van der Waals surface area contributed by atoms with Gasteiger partial charge in [0.2, 0.25) is 0 Å². The molecule has 1 aliphatic rings. The predicted molar refractivity (Wildman–Crippen MR) is 112 cm³/mol. The maximum Gasteiger partial charge on any atom is 0.280 e. The Labute approximate surface area is 166 Å². The zero-order chi connectivity index (χ0) is 18.7. The first kappa shape index (κ1) is 18.4. The molecule has 26 heavy (non-hydrogen) atoms. The number of anilines is 1. The van der Waals surface area contributed by atoms with Crippen LogP contribution >= 0.6 is 22.6 Å². The van der Waals surface area contributed by atoms with E-state index in [1.54, 1.807) is 7.11 Å². The monoisotopic (exact) mass is 462 g/mol. The molecule has 2 aromatic carbocycles. The highest BCUT2D eigenvalue weighted by Crippen LogP contribution is 2.35. The molecule has 0 bridgehead atoms. The molecule has 0 aromatic heterocycles. The van der Waals surface area contributed by atoms with E-state index in [0.717, 1.165) is 14.8 Å². The minimum absolute atomic E-state index is 0.141. The first-order chi connectivity index (χ1) is 12.5. The van der Waals surface area contributed by atoms with E-state index in [9.17, 15) is 4.79 Å². The van der Waals surface area contributed by atoms with Crippen molar-refractivity contribution in [2.24, 2.45) is 5.10 Å². The molecule has 0 fully saturated rings. The number of carbonyl (C=O) groups is 1. The molecule has 5 nitrogen and oxygen atoms in total. The normalized spacial score (nSPS) is 15.4. The van der Waals surface area contributed by atoms with Gasteiger partial charge in [-0.1, -0.05) is 18.2 Å². The van der Waals surface area contributed by atoms with Gasteiger partial charge in [0, 0.05) is 0 Å². The largest absolute Gasteiger partial charge is 0.492 e. The molecule has 0 saturated heterocycles. The third-order valence-corrected chi connectivity index (χ3v) is 4.71. The minimum atomic E-state index is -0.141. The first-order valence-corrected chi connectivity index (χ1v) is 9.30. The molecule has 0 saturated carbocycles. The minimum Gasteiger partial charge on any atom is -0.492 e. The molecule has 0 aliphatic carbocycles. The summed E-state index contributed by atoms with van der Waals surface area (Å²) in [6, 6.07) is 13.2. The van der Waals surface area contributed by atoms with E-state index in [1.165, 1.54) is 5.01 Å². The van der Waals surface area contributed by atoms with E-state index in [1.807, 2.05) is 62.4 Å². The van der Waals surface area contributed by atoms with Crippen LogP contribution in [0.1, 0.15) is 19.4 Å². The number of hydrogen-bond donors (Lipinski definition) is 0. The van der Waals surface area contributed by atoms with Crippen molar-refractivity contribution >= 4 is 46.0 Å². The molecule has 134 valence electrons. The van der Waals surface area contributed by atoms with Gasteiger partial charge in [-0.05, 0) is 72.3 Å². The van der Waals surface area contributed by atoms with Crippen LogP contribution in [0.2, 0.25) is 0 Å². The smallest absolute Gasteiger partial charge is 0.280 e. The molecular weight excluding hydrogens is 443 g/mol. The summed E-state index contributed by atoms with van der Waals surface area (Å²) in [4.78, 5) is 12.8. The lowest BCUT2D eigenvalue weighted by molar-refractivity contribution is -0.114. The number of halogens is 1. The summed E-state index contributed by atoms with van der Waals surface area (Å²) in [5, 5.41) is 5.84. The maximum absolute atomic E-state index is 12.8. The van der Waals surface area contributed by atoms with Gasteiger partial charge in [0.1, 0.15) is 0 Å². The van der Waals surface area contributed by atoms with E-state index in [0.29, 0.717) is 29.4 Å². The Morgan fingerprint density at radius 2 is 1.96 bits per heavy atom. The van der Waals surface area contributed by atoms with Crippen LogP contribution in [0.25, 0.3) is 6.08 Å². The SMILES string of the molecule is CCOc1cc(/C=C2\C(=O)N(c3ccccc3)N=C2C)cc(I)c1OC. The summed E-state index contributed by atoms with van der Waals surface area (Å²) in [7, 11) is 1.62. The highest BCUT2D eigenvalue weighted by Gasteiger charge is 2.28. The molecule has 1 aliphatic heterocycles. The van der Waals surface area contributed by atoms with Crippen LogP contribution < -0.4 is 14.5 Å². The molecule has 6 heteroatoms. The second kappa shape index (κ2) is 7.90. The molecule has 2 aromatic rings. The fourth-order valence-electron chi connectivity index (χ4n) is 2.73. The fourth-order valence-corrected chi connectivity index (χ4v) is 3.57. The average molecular weight is 462 g/mol.